The molecule has 5 heteroatoms. The second kappa shape index (κ2) is 6.26. The summed E-state index contributed by atoms with van der Waals surface area (Å²) in [4.78, 5) is 1.13. The molecule has 0 amide bonds. The summed E-state index contributed by atoms with van der Waals surface area (Å²) < 4.78 is 19.4. The van der Waals surface area contributed by atoms with E-state index in [2.05, 4.69) is 0 Å². The number of fused-ring (bicyclic) bond motifs is 1. The smallest absolute Gasteiger partial charge is 0.142 e. The monoisotopic (exact) mass is 323 g/mol. The summed E-state index contributed by atoms with van der Waals surface area (Å²) in [5, 5.41) is 0.150. The Labute approximate surface area is 132 Å². The molecule has 2 nitrogen and oxygen atoms in total. The molecule has 0 saturated carbocycles. The first-order chi connectivity index (χ1) is 10.1. The van der Waals surface area contributed by atoms with Gasteiger partial charge < -0.3 is 10.5 Å². The summed E-state index contributed by atoms with van der Waals surface area (Å²) in [6.45, 7) is 0. The molecule has 0 aromatic heterocycles. The lowest BCUT2D eigenvalue weighted by atomic mass is 10.0. The molecule has 0 bridgehead atoms. The predicted molar refractivity (Wildman–Crippen MR) is 84.7 cm³/mol. The van der Waals surface area contributed by atoms with E-state index in [0.717, 1.165) is 22.0 Å². The van der Waals surface area contributed by atoms with E-state index in [9.17, 15) is 4.39 Å². The summed E-state index contributed by atoms with van der Waals surface area (Å²) in [5.41, 5.74) is 6.96. The van der Waals surface area contributed by atoms with E-state index in [1.807, 2.05) is 24.3 Å². The summed E-state index contributed by atoms with van der Waals surface area (Å²) in [6.07, 6.45) is 0.383. The number of thioether (sulfide) groups is 1. The fourth-order valence-corrected chi connectivity index (χ4v) is 3.63. The lowest BCUT2D eigenvalue weighted by Gasteiger charge is -2.30. The summed E-state index contributed by atoms with van der Waals surface area (Å²) >= 11 is 7.71. The van der Waals surface area contributed by atoms with Crippen molar-refractivity contribution in [3.05, 3.63) is 58.9 Å². The summed E-state index contributed by atoms with van der Waals surface area (Å²) in [5.74, 6) is 1.23. The Hall–Kier alpha value is -1.23. The zero-order valence-electron chi connectivity index (χ0n) is 11.3. The third-order valence-electron chi connectivity index (χ3n) is 3.50. The molecule has 2 unspecified atom stereocenters. The fraction of sp³-hybridized carbons (Fsp3) is 0.250. The fourth-order valence-electron chi connectivity index (χ4n) is 2.34. The highest BCUT2D eigenvalue weighted by Crippen LogP contribution is 2.36. The lowest BCUT2D eigenvalue weighted by molar-refractivity contribution is 0.184. The Morgan fingerprint density at radius 3 is 2.95 bits per heavy atom. The molecule has 3 rings (SSSR count). The van der Waals surface area contributed by atoms with Crippen molar-refractivity contribution < 1.29 is 9.13 Å². The van der Waals surface area contributed by atoms with Crippen LogP contribution in [0.1, 0.15) is 5.56 Å². The number of hydrogen-bond acceptors (Lipinski definition) is 3. The van der Waals surface area contributed by atoms with Crippen molar-refractivity contribution in [2.75, 3.05) is 5.75 Å². The van der Waals surface area contributed by atoms with Crippen LogP contribution in [0.5, 0.6) is 5.75 Å². The number of para-hydroxylation sites is 1. The second-order valence-corrected chi connectivity index (χ2v) is 6.43. The van der Waals surface area contributed by atoms with Crippen molar-refractivity contribution in [3.63, 3.8) is 0 Å². The molecule has 0 spiro atoms. The van der Waals surface area contributed by atoms with Crippen molar-refractivity contribution in [1.82, 2.24) is 0 Å². The lowest BCUT2D eigenvalue weighted by Crippen LogP contribution is -2.43. The molecule has 2 atom stereocenters. The highest BCUT2D eigenvalue weighted by Gasteiger charge is 2.26. The number of ether oxygens (including phenoxy) is 1. The van der Waals surface area contributed by atoms with E-state index < -0.39 is 5.82 Å². The first kappa shape index (κ1) is 14.7. The highest BCUT2D eigenvalue weighted by atomic mass is 35.5. The normalized spacial score (nSPS) is 18.7. The first-order valence-electron chi connectivity index (χ1n) is 6.72. The second-order valence-electron chi connectivity index (χ2n) is 4.99. The molecule has 2 aromatic carbocycles. The molecule has 0 radical (unpaired) electrons. The largest absolute Gasteiger partial charge is 0.487 e. The number of halogens is 2. The number of benzene rings is 2. The van der Waals surface area contributed by atoms with Crippen LogP contribution in [0.3, 0.4) is 0 Å². The van der Waals surface area contributed by atoms with Gasteiger partial charge in [-0.05, 0) is 30.2 Å². The molecular weight excluding hydrogens is 309 g/mol. The maximum Gasteiger partial charge on any atom is 0.142 e. The van der Waals surface area contributed by atoms with Crippen LogP contribution in [-0.2, 0) is 6.42 Å². The average Bonchev–Trinajstić information content (AvgIpc) is 2.51. The average molecular weight is 324 g/mol. The Balaban J connectivity index is 1.72. The van der Waals surface area contributed by atoms with Gasteiger partial charge in [-0.3, -0.25) is 0 Å². The van der Waals surface area contributed by atoms with Gasteiger partial charge in [0, 0.05) is 16.7 Å². The van der Waals surface area contributed by atoms with Gasteiger partial charge in [0.25, 0.3) is 0 Å². The van der Waals surface area contributed by atoms with Crippen LogP contribution in [0, 0.1) is 5.82 Å². The zero-order chi connectivity index (χ0) is 14.8. The Morgan fingerprint density at radius 2 is 2.10 bits per heavy atom. The van der Waals surface area contributed by atoms with Crippen LogP contribution in [0.15, 0.2) is 47.4 Å². The molecular formula is C16H15ClFNOS. The number of nitrogens with two attached hydrogens (primary N) is 1. The van der Waals surface area contributed by atoms with Crippen molar-refractivity contribution in [2.24, 2.45) is 5.73 Å². The summed E-state index contributed by atoms with van der Waals surface area (Å²) in [6, 6.07) is 12.5. The van der Waals surface area contributed by atoms with Crippen molar-refractivity contribution >= 4 is 23.4 Å². The standard InChI is InChI=1S/C16H15ClFNOS/c17-16-10(4-3-5-11(16)18)8-12(19)14-9-21-15-7-2-1-6-13(15)20-14/h1-7,12,14H,8-9,19H2. The third-order valence-corrected chi connectivity index (χ3v) is 5.06. The Kier molecular flexibility index (Phi) is 4.38. The molecule has 1 heterocycles. The van der Waals surface area contributed by atoms with Gasteiger partial charge in [0.2, 0.25) is 0 Å². The Bertz CT molecular complexity index is 652. The van der Waals surface area contributed by atoms with Crippen LogP contribution in [0.2, 0.25) is 5.02 Å². The predicted octanol–water partition coefficient (Wildman–Crippen LogP) is 3.90. The van der Waals surface area contributed by atoms with E-state index in [4.69, 9.17) is 22.1 Å². The first-order valence-corrected chi connectivity index (χ1v) is 8.08. The van der Waals surface area contributed by atoms with E-state index in [1.165, 1.54) is 6.07 Å². The summed E-state index contributed by atoms with van der Waals surface area (Å²) in [7, 11) is 0. The van der Waals surface area contributed by atoms with Gasteiger partial charge in [-0.2, -0.15) is 0 Å². The maximum atomic E-state index is 13.5. The quantitative estimate of drug-likeness (QED) is 0.930. The van der Waals surface area contributed by atoms with Crippen LogP contribution in [0.25, 0.3) is 0 Å². The number of hydrogen-bond donors (Lipinski definition) is 1. The highest BCUT2D eigenvalue weighted by molar-refractivity contribution is 7.99. The molecule has 0 aliphatic carbocycles. The van der Waals surface area contributed by atoms with Crippen molar-refractivity contribution in [1.29, 1.82) is 0 Å². The van der Waals surface area contributed by atoms with Crippen molar-refractivity contribution in [2.45, 2.75) is 23.5 Å². The van der Waals surface area contributed by atoms with Crippen LogP contribution < -0.4 is 10.5 Å². The van der Waals surface area contributed by atoms with Gasteiger partial charge in [0.05, 0.1) is 5.02 Å². The van der Waals surface area contributed by atoms with Gasteiger partial charge in [-0.25, -0.2) is 4.39 Å². The third kappa shape index (κ3) is 3.18. The maximum absolute atomic E-state index is 13.5. The minimum atomic E-state index is -0.411. The molecule has 1 aliphatic heterocycles. The molecule has 2 N–H and O–H groups in total. The topological polar surface area (TPSA) is 35.2 Å². The van der Waals surface area contributed by atoms with E-state index >= 15 is 0 Å². The van der Waals surface area contributed by atoms with Gasteiger partial charge in [0.1, 0.15) is 17.7 Å². The van der Waals surface area contributed by atoms with E-state index in [-0.39, 0.29) is 17.2 Å². The van der Waals surface area contributed by atoms with Gasteiger partial charge in [0.15, 0.2) is 0 Å². The molecule has 21 heavy (non-hydrogen) atoms. The van der Waals surface area contributed by atoms with Crippen LogP contribution >= 0.6 is 23.4 Å². The van der Waals surface area contributed by atoms with E-state index in [0.29, 0.717) is 6.42 Å². The number of rotatable bonds is 3. The molecule has 2 aromatic rings. The molecule has 0 fully saturated rings. The molecule has 1 aliphatic rings. The Morgan fingerprint density at radius 1 is 1.29 bits per heavy atom. The van der Waals surface area contributed by atoms with Crippen molar-refractivity contribution in [3.8, 4) is 5.75 Å². The van der Waals surface area contributed by atoms with E-state index in [1.54, 1.807) is 23.9 Å². The molecule has 0 saturated heterocycles. The van der Waals surface area contributed by atoms with Gasteiger partial charge in [-0.15, -0.1) is 11.8 Å². The van der Waals surface area contributed by atoms with Crippen LogP contribution in [0.4, 0.5) is 4.39 Å². The SMILES string of the molecule is NC(Cc1cccc(F)c1Cl)C1CSc2ccccc2O1. The minimum absolute atomic E-state index is 0.107. The molecule has 110 valence electrons. The minimum Gasteiger partial charge on any atom is -0.487 e. The zero-order valence-corrected chi connectivity index (χ0v) is 12.8. The van der Waals surface area contributed by atoms with Gasteiger partial charge >= 0.3 is 0 Å². The van der Waals surface area contributed by atoms with Crippen LogP contribution in [-0.4, -0.2) is 17.9 Å². The van der Waals surface area contributed by atoms with Gasteiger partial charge in [-0.1, -0.05) is 35.9 Å².